The fraction of sp³-hybridized carbons (Fsp3) is 0.667. The van der Waals surface area contributed by atoms with E-state index in [1.165, 1.54) is 30.4 Å². The van der Waals surface area contributed by atoms with Gasteiger partial charge in [-0.2, -0.15) is 0 Å². The Balaban J connectivity index is 1.26. The van der Waals surface area contributed by atoms with Crippen LogP contribution in [0.3, 0.4) is 0 Å². The molecule has 5 heteroatoms. The van der Waals surface area contributed by atoms with E-state index < -0.39 is 0 Å². The Morgan fingerprint density at radius 2 is 1.74 bits per heavy atom. The quantitative estimate of drug-likeness (QED) is 0.349. The second-order valence-electron chi connectivity index (χ2n) is 12.8. The summed E-state index contributed by atoms with van der Waals surface area (Å²) in [5, 5.41) is 0. The Labute approximate surface area is 213 Å². The SMILES string of the molecule is BC(C(=O)OC1CC[C@@]2(C)C(=CC[C@H]3[C@@H]4CC[C@H](C(C)=O)[C@@]4(C)CC[C@@H]32)C1)C(B)c1ccccc1. The second kappa shape index (κ2) is 9.27. The number of ether oxygens (including phenoxy) is 1. The highest BCUT2D eigenvalue weighted by Crippen LogP contribution is 2.66. The number of hydrogen-bond acceptors (Lipinski definition) is 3. The van der Waals surface area contributed by atoms with Crippen LogP contribution in [0.4, 0.5) is 0 Å². The lowest BCUT2D eigenvalue weighted by atomic mass is 9.47. The summed E-state index contributed by atoms with van der Waals surface area (Å²) in [6.45, 7) is 6.73. The Hall–Kier alpha value is -1.77. The average Bonchev–Trinajstić information content (AvgIpc) is 3.21. The highest BCUT2D eigenvalue weighted by atomic mass is 16.5. The predicted octanol–water partition coefficient (Wildman–Crippen LogP) is 4.86. The first-order valence-corrected chi connectivity index (χ1v) is 14.1. The average molecular weight is 472 g/mol. The minimum absolute atomic E-state index is 0.00577. The molecule has 186 valence electrons. The molecule has 3 unspecified atom stereocenters. The molecule has 0 radical (unpaired) electrons. The Kier molecular flexibility index (Phi) is 6.60. The van der Waals surface area contributed by atoms with E-state index >= 15 is 0 Å². The maximum Gasteiger partial charge on any atom is 0.300 e. The van der Waals surface area contributed by atoms with E-state index in [0.717, 1.165) is 32.1 Å². The first-order chi connectivity index (χ1) is 16.6. The monoisotopic (exact) mass is 472 g/mol. The maximum atomic E-state index is 13.1. The minimum atomic E-state index is -0.150. The molecule has 0 saturated heterocycles. The van der Waals surface area contributed by atoms with Crippen molar-refractivity contribution >= 4 is 27.4 Å². The molecule has 3 fully saturated rings. The van der Waals surface area contributed by atoms with Crippen molar-refractivity contribution in [2.24, 2.45) is 34.5 Å². The zero-order valence-electron chi connectivity index (χ0n) is 22.4. The van der Waals surface area contributed by atoms with Gasteiger partial charge >= 0.3 is 5.97 Å². The molecule has 0 aliphatic heterocycles. The molecule has 0 aromatic heterocycles. The van der Waals surface area contributed by atoms with Crippen LogP contribution in [0.25, 0.3) is 0 Å². The number of rotatable bonds is 5. The van der Waals surface area contributed by atoms with Crippen molar-refractivity contribution in [2.75, 3.05) is 0 Å². The third kappa shape index (κ3) is 4.15. The second-order valence-corrected chi connectivity index (χ2v) is 12.8. The number of ketones is 1. The molecule has 0 heterocycles. The van der Waals surface area contributed by atoms with E-state index in [2.05, 4.69) is 39.9 Å². The zero-order chi connectivity index (χ0) is 25.0. The highest BCUT2D eigenvalue weighted by molar-refractivity contribution is 6.29. The third-order valence-corrected chi connectivity index (χ3v) is 11.3. The van der Waals surface area contributed by atoms with Crippen LogP contribution < -0.4 is 0 Å². The molecule has 35 heavy (non-hydrogen) atoms. The smallest absolute Gasteiger partial charge is 0.300 e. The number of carbonyl (C=O) groups excluding carboxylic acids is 2. The number of Topliss-reactive ketones (excluding diaryl/α,β-unsaturated/α-hetero) is 1. The van der Waals surface area contributed by atoms with Crippen LogP contribution in [0.1, 0.15) is 83.5 Å². The van der Waals surface area contributed by atoms with E-state index in [4.69, 9.17) is 4.74 Å². The van der Waals surface area contributed by atoms with E-state index in [1.807, 2.05) is 33.0 Å². The Morgan fingerprint density at radius 1 is 1.00 bits per heavy atom. The molecule has 1 aromatic carbocycles. The topological polar surface area (TPSA) is 43.4 Å². The molecule has 3 nitrogen and oxygen atoms in total. The number of carbonyl (C=O) groups is 2. The summed E-state index contributed by atoms with van der Waals surface area (Å²) >= 11 is 0. The molecule has 0 bridgehead atoms. The molecule has 5 rings (SSSR count). The van der Waals surface area contributed by atoms with Gasteiger partial charge in [0.1, 0.15) is 27.6 Å². The Bertz CT molecular complexity index is 1010. The molecule has 1 aromatic rings. The standard InChI is InChI=1S/C30H42B2O3/c1-18(33)23-11-12-24-22-10-9-20-17-21(13-15-29(20,2)25(22)14-16-30(23,24)3)35-28(34)27(32)26(31)19-7-5-4-6-8-19/h4-9,21-27H,10-17,31-32H2,1-3H3/t21?,22-,23+,24-,25-,26?,27?,29-,30+/m0/s1. The van der Waals surface area contributed by atoms with Gasteiger partial charge in [0.2, 0.25) is 0 Å². The lowest BCUT2D eigenvalue weighted by Crippen LogP contribution is -2.51. The summed E-state index contributed by atoms with van der Waals surface area (Å²) in [6, 6.07) is 10.3. The first kappa shape index (κ1) is 24.9. The van der Waals surface area contributed by atoms with Crippen LogP contribution in [-0.4, -0.2) is 33.5 Å². The van der Waals surface area contributed by atoms with Crippen LogP contribution in [0.15, 0.2) is 42.0 Å². The molecule has 0 spiro atoms. The number of hydrogen-bond donors (Lipinski definition) is 0. The molecule has 9 atom stereocenters. The molecule has 4 aliphatic rings. The van der Waals surface area contributed by atoms with Crippen molar-refractivity contribution in [1.82, 2.24) is 0 Å². The van der Waals surface area contributed by atoms with Gasteiger partial charge in [-0.1, -0.05) is 61.4 Å². The van der Waals surface area contributed by atoms with Crippen LogP contribution in [0.5, 0.6) is 0 Å². The fourth-order valence-corrected chi connectivity index (χ4v) is 8.92. The van der Waals surface area contributed by atoms with Gasteiger partial charge in [0.15, 0.2) is 0 Å². The van der Waals surface area contributed by atoms with Crippen molar-refractivity contribution in [3.63, 3.8) is 0 Å². The van der Waals surface area contributed by atoms with Gasteiger partial charge in [-0.05, 0) is 86.3 Å². The number of esters is 1. The number of allylic oxidation sites excluding steroid dienone is 1. The molecular weight excluding hydrogens is 430 g/mol. The van der Waals surface area contributed by atoms with Crippen molar-refractivity contribution < 1.29 is 14.3 Å². The lowest BCUT2D eigenvalue weighted by molar-refractivity contribution is -0.151. The summed E-state index contributed by atoms with van der Waals surface area (Å²) in [6.07, 6.45) is 11.4. The first-order valence-electron chi connectivity index (χ1n) is 14.1. The number of benzene rings is 1. The highest BCUT2D eigenvalue weighted by Gasteiger charge is 2.59. The summed E-state index contributed by atoms with van der Waals surface area (Å²) in [4.78, 5) is 25.5. The van der Waals surface area contributed by atoms with E-state index in [-0.39, 0.29) is 40.5 Å². The molecular formula is C30H42B2O3. The van der Waals surface area contributed by atoms with Crippen molar-refractivity contribution in [3.8, 4) is 0 Å². The van der Waals surface area contributed by atoms with Gasteiger partial charge in [-0.15, -0.1) is 0 Å². The van der Waals surface area contributed by atoms with Gasteiger partial charge < -0.3 is 4.74 Å². The summed E-state index contributed by atoms with van der Waals surface area (Å²) in [7, 11) is 4.13. The van der Waals surface area contributed by atoms with E-state index in [9.17, 15) is 9.59 Å². The van der Waals surface area contributed by atoms with Gasteiger partial charge in [0, 0.05) is 18.2 Å². The van der Waals surface area contributed by atoms with Gasteiger partial charge in [0.25, 0.3) is 0 Å². The van der Waals surface area contributed by atoms with Crippen molar-refractivity contribution in [3.05, 3.63) is 47.5 Å². The third-order valence-electron chi connectivity index (χ3n) is 11.3. The van der Waals surface area contributed by atoms with E-state index in [0.29, 0.717) is 23.5 Å². The normalized spacial score (nSPS) is 39.9. The van der Waals surface area contributed by atoms with Crippen LogP contribution >= 0.6 is 0 Å². The van der Waals surface area contributed by atoms with Crippen LogP contribution in [-0.2, 0) is 14.3 Å². The molecule has 0 N–H and O–H groups in total. The molecule has 4 aliphatic carbocycles. The summed E-state index contributed by atoms with van der Waals surface area (Å²) < 4.78 is 6.13. The van der Waals surface area contributed by atoms with Crippen LogP contribution in [0, 0.1) is 34.5 Å². The summed E-state index contributed by atoms with van der Waals surface area (Å²) in [5.74, 6) is 2.71. The fourth-order valence-electron chi connectivity index (χ4n) is 8.92. The predicted molar refractivity (Wildman–Crippen MR) is 146 cm³/mol. The van der Waals surface area contributed by atoms with E-state index in [1.54, 1.807) is 0 Å². The van der Waals surface area contributed by atoms with Crippen molar-refractivity contribution in [1.29, 1.82) is 0 Å². The van der Waals surface area contributed by atoms with Crippen molar-refractivity contribution in [2.45, 2.75) is 89.9 Å². The van der Waals surface area contributed by atoms with Gasteiger partial charge in [-0.3, -0.25) is 9.59 Å². The van der Waals surface area contributed by atoms with Gasteiger partial charge in [0.05, 0.1) is 0 Å². The zero-order valence-corrected chi connectivity index (χ0v) is 22.4. The lowest BCUT2D eigenvalue weighted by Gasteiger charge is -2.58. The number of fused-ring (bicyclic) bond motifs is 5. The molecule has 3 saturated carbocycles. The minimum Gasteiger partial charge on any atom is -0.462 e. The Morgan fingerprint density at radius 3 is 2.46 bits per heavy atom. The summed E-state index contributed by atoms with van der Waals surface area (Å²) in [5.41, 5.74) is 3.16. The largest absolute Gasteiger partial charge is 0.462 e. The maximum absolute atomic E-state index is 13.1. The molecule has 0 amide bonds. The van der Waals surface area contributed by atoms with Gasteiger partial charge in [-0.25, -0.2) is 0 Å². The van der Waals surface area contributed by atoms with Crippen LogP contribution in [0.2, 0.25) is 5.82 Å².